The molecule has 3 heterocycles. The Labute approximate surface area is 182 Å². The highest BCUT2D eigenvalue weighted by Gasteiger charge is 2.38. The van der Waals surface area contributed by atoms with Gasteiger partial charge in [-0.3, -0.25) is 10.1 Å². The molecule has 0 spiro atoms. The number of hydrogen-bond acceptors (Lipinski definition) is 7. The minimum absolute atomic E-state index is 0.0552. The Morgan fingerprint density at radius 1 is 1.09 bits per heavy atom. The number of carboxylic acid groups (broad SMARTS) is 2. The Bertz CT molecular complexity index is 1310. The molecule has 0 saturated heterocycles. The van der Waals surface area contributed by atoms with E-state index in [-0.39, 0.29) is 5.69 Å². The quantitative estimate of drug-likeness (QED) is 0.412. The molecular formula is C20H14F3N5O5. The van der Waals surface area contributed by atoms with Gasteiger partial charge in [0.05, 0.1) is 5.52 Å². The van der Waals surface area contributed by atoms with Crippen LogP contribution in [0.5, 0.6) is 11.6 Å². The van der Waals surface area contributed by atoms with E-state index in [1.165, 1.54) is 0 Å². The molecule has 0 radical (unpaired) electrons. The molecule has 0 atom stereocenters. The molecule has 0 saturated carbocycles. The van der Waals surface area contributed by atoms with Crippen molar-refractivity contribution in [3.05, 3.63) is 60.2 Å². The van der Waals surface area contributed by atoms with Crippen molar-refractivity contribution in [1.29, 1.82) is 0 Å². The van der Waals surface area contributed by atoms with E-state index < -0.39 is 18.1 Å². The molecule has 0 fully saturated rings. The number of H-pyrrole nitrogens is 1. The summed E-state index contributed by atoms with van der Waals surface area (Å²) >= 11 is 0. The van der Waals surface area contributed by atoms with Gasteiger partial charge in [-0.15, -0.1) is 0 Å². The zero-order chi connectivity index (χ0) is 24.2. The van der Waals surface area contributed by atoms with Crippen LogP contribution in [-0.2, 0) is 4.79 Å². The lowest BCUT2D eigenvalue weighted by Gasteiger charge is -2.08. The Kier molecular flexibility index (Phi) is 6.51. The van der Waals surface area contributed by atoms with Crippen LogP contribution >= 0.6 is 0 Å². The van der Waals surface area contributed by atoms with Crippen LogP contribution in [0, 0.1) is 6.92 Å². The Morgan fingerprint density at radius 2 is 1.82 bits per heavy atom. The fourth-order valence-corrected chi connectivity index (χ4v) is 2.56. The molecule has 33 heavy (non-hydrogen) atoms. The van der Waals surface area contributed by atoms with Crippen molar-refractivity contribution in [2.75, 3.05) is 0 Å². The van der Waals surface area contributed by atoms with Crippen LogP contribution in [0.4, 0.5) is 13.2 Å². The van der Waals surface area contributed by atoms with Gasteiger partial charge in [-0.1, -0.05) is 0 Å². The number of fused-ring (bicyclic) bond motifs is 1. The van der Waals surface area contributed by atoms with Gasteiger partial charge in [0, 0.05) is 35.1 Å². The molecular weight excluding hydrogens is 447 g/mol. The summed E-state index contributed by atoms with van der Waals surface area (Å²) in [6.07, 6.45) is -1.73. The molecule has 0 aliphatic carbocycles. The first-order chi connectivity index (χ1) is 15.5. The van der Waals surface area contributed by atoms with E-state index in [1.807, 2.05) is 19.1 Å². The lowest BCUT2D eigenvalue weighted by molar-refractivity contribution is -0.192. The van der Waals surface area contributed by atoms with Crippen molar-refractivity contribution < 1.29 is 37.7 Å². The third kappa shape index (κ3) is 5.78. The van der Waals surface area contributed by atoms with Gasteiger partial charge in [-0.05, 0) is 37.3 Å². The third-order valence-electron chi connectivity index (χ3n) is 3.95. The number of rotatable bonds is 4. The molecule has 170 valence electrons. The summed E-state index contributed by atoms with van der Waals surface area (Å²) in [5.41, 5.74) is 2.08. The molecule has 0 unspecified atom stereocenters. The van der Waals surface area contributed by atoms with Crippen molar-refractivity contribution in [1.82, 2.24) is 25.1 Å². The smallest absolute Gasteiger partial charge is 0.476 e. The van der Waals surface area contributed by atoms with Crippen molar-refractivity contribution in [2.24, 2.45) is 0 Å². The monoisotopic (exact) mass is 461 g/mol. The van der Waals surface area contributed by atoms with E-state index in [4.69, 9.17) is 14.6 Å². The zero-order valence-electron chi connectivity index (χ0n) is 16.7. The largest absolute Gasteiger partial charge is 0.490 e. The van der Waals surface area contributed by atoms with Crippen molar-refractivity contribution >= 4 is 22.8 Å². The second kappa shape index (κ2) is 9.30. The van der Waals surface area contributed by atoms with Crippen molar-refractivity contribution in [3.63, 3.8) is 0 Å². The maximum Gasteiger partial charge on any atom is 0.490 e. The van der Waals surface area contributed by atoms with Crippen LogP contribution in [0.15, 0.2) is 48.8 Å². The number of pyridine rings is 1. The summed E-state index contributed by atoms with van der Waals surface area (Å²) in [5, 5.41) is 23.3. The number of aromatic amines is 1. The number of halogens is 3. The molecule has 0 bridgehead atoms. The Balaban J connectivity index is 0.000000383. The molecule has 1 aromatic carbocycles. The van der Waals surface area contributed by atoms with Crippen LogP contribution < -0.4 is 4.74 Å². The van der Waals surface area contributed by atoms with Crippen LogP contribution in [0.2, 0.25) is 0 Å². The maximum atomic E-state index is 11.2. The predicted octanol–water partition coefficient (Wildman–Crippen LogP) is 3.85. The number of aromatic carboxylic acids is 1. The number of carboxylic acids is 2. The van der Waals surface area contributed by atoms with E-state index >= 15 is 0 Å². The molecule has 13 heteroatoms. The molecule has 0 amide bonds. The zero-order valence-corrected chi connectivity index (χ0v) is 16.7. The first-order valence-electron chi connectivity index (χ1n) is 9.00. The Hall–Kier alpha value is -4.55. The first kappa shape index (κ1) is 23.1. The van der Waals surface area contributed by atoms with Gasteiger partial charge in [-0.25, -0.2) is 14.6 Å². The second-order valence-corrected chi connectivity index (χ2v) is 6.40. The van der Waals surface area contributed by atoms with Crippen LogP contribution in [0.1, 0.15) is 16.2 Å². The number of alkyl halides is 3. The maximum absolute atomic E-state index is 11.2. The minimum Gasteiger partial charge on any atom is -0.476 e. The molecule has 4 aromatic rings. The lowest BCUT2D eigenvalue weighted by Crippen LogP contribution is -2.21. The van der Waals surface area contributed by atoms with E-state index in [9.17, 15) is 23.1 Å². The number of nitrogens with zero attached hydrogens (tertiary/aromatic N) is 4. The molecule has 10 nitrogen and oxygen atoms in total. The SMILES string of the molecule is Cc1cc(Oc2ccc3[nH]nc(C(=O)O)c3c2)nc(-c2cccnc2)n1.O=C(O)C(F)(F)F. The molecule has 4 rings (SSSR count). The fraction of sp³-hybridized carbons (Fsp3) is 0.100. The number of nitrogens with one attached hydrogen (secondary N) is 1. The number of aliphatic carboxylic acids is 1. The van der Waals surface area contributed by atoms with E-state index in [1.54, 1.807) is 36.7 Å². The molecule has 3 N–H and O–H groups in total. The highest BCUT2D eigenvalue weighted by molar-refractivity contribution is 6.01. The van der Waals surface area contributed by atoms with Gasteiger partial charge in [0.2, 0.25) is 5.88 Å². The van der Waals surface area contributed by atoms with Gasteiger partial charge in [0.15, 0.2) is 11.5 Å². The van der Waals surface area contributed by atoms with Gasteiger partial charge in [0.25, 0.3) is 0 Å². The first-order valence-corrected chi connectivity index (χ1v) is 9.00. The van der Waals surface area contributed by atoms with Crippen LogP contribution in [0.25, 0.3) is 22.3 Å². The minimum atomic E-state index is -5.08. The molecule has 0 aliphatic rings. The van der Waals surface area contributed by atoms with Gasteiger partial charge < -0.3 is 14.9 Å². The van der Waals surface area contributed by atoms with E-state index in [0.717, 1.165) is 11.3 Å². The second-order valence-electron chi connectivity index (χ2n) is 6.40. The highest BCUT2D eigenvalue weighted by Crippen LogP contribution is 2.27. The van der Waals surface area contributed by atoms with Crippen LogP contribution in [0.3, 0.4) is 0 Å². The van der Waals surface area contributed by atoms with Crippen molar-refractivity contribution in [2.45, 2.75) is 13.1 Å². The number of carbonyl (C=O) groups is 2. The topological polar surface area (TPSA) is 151 Å². The highest BCUT2D eigenvalue weighted by atomic mass is 19.4. The Morgan fingerprint density at radius 3 is 2.42 bits per heavy atom. The number of ether oxygens (including phenoxy) is 1. The average Bonchev–Trinajstić information content (AvgIpc) is 3.17. The summed E-state index contributed by atoms with van der Waals surface area (Å²) in [6, 6.07) is 10.4. The number of aryl methyl sites for hydroxylation is 1. The van der Waals surface area contributed by atoms with Gasteiger partial charge in [-0.2, -0.15) is 23.3 Å². The van der Waals surface area contributed by atoms with E-state index in [0.29, 0.717) is 28.4 Å². The summed E-state index contributed by atoms with van der Waals surface area (Å²) in [7, 11) is 0. The normalized spacial score (nSPS) is 10.9. The van der Waals surface area contributed by atoms with E-state index in [2.05, 4.69) is 25.1 Å². The number of aromatic nitrogens is 5. The summed E-state index contributed by atoms with van der Waals surface area (Å²) in [5.74, 6) is -2.55. The number of hydrogen-bond donors (Lipinski definition) is 3. The number of benzene rings is 1. The predicted molar refractivity (Wildman–Crippen MR) is 107 cm³/mol. The standard InChI is InChI=1S/C18H13N5O3.C2HF3O2/c1-10-7-15(21-17(20-10)11-3-2-6-19-9-11)26-12-4-5-14-13(8-12)16(18(24)25)23-22-14;3-2(4,5)1(6)7/h2-9H,1H3,(H,22,23)(H,24,25);(H,6,7). The van der Waals surface area contributed by atoms with Crippen LogP contribution in [-0.4, -0.2) is 53.5 Å². The third-order valence-corrected chi connectivity index (χ3v) is 3.95. The summed E-state index contributed by atoms with van der Waals surface area (Å²) < 4.78 is 37.6. The van der Waals surface area contributed by atoms with Gasteiger partial charge >= 0.3 is 18.1 Å². The van der Waals surface area contributed by atoms with Crippen molar-refractivity contribution in [3.8, 4) is 23.0 Å². The lowest BCUT2D eigenvalue weighted by atomic mass is 10.2. The fourth-order valence-electron chi connectivity index (χ4n) is 2.56. The summed E-state index contributed by atoms with van der Waals surface area (Å²) in [6.45, 7) is 1.84. The summed E-state index contributed by atoms with van der Waals surface area (Å²) in [4.78, 5) is 33.0. The van der Waals surface area contributed by atoms with Gasteiger partial charge in [0.1, 0.15) is 5.75 Å². The average molecular weight is 461 g/mol. The molecule has 0 aliphatic heterocycles. The molecule has 3 aromatic heterocycles.